The smallest absolute Gasteiger partial charge is 0.256 e. The van der Waals surface area contributed by atoms with Gasteiger partial charge in [-0.25, -0.2) is 9.37 Å². The van der Waals surface area contributed by atoms with Crippen molar-refractivity contribution in [3.63, 3.8) is 0 Å². The van der Waals surface area contributed by atoms with Crippen LogP contribution in [0.2, 0.25) is 5.02 Å². The maximum atomic E-state index is 12.9. The molecule has 0 radical (unpaired) electrons. The van der Waals surface area contributed by atoms with E-state index in [1.807, 2.05) is 0 Å². The van der Waals surface area contributed by atoms with E-state index in [0.29, 0.717) is 5.82 Å². The van der Waals surface area contributed by atoms with Crippen molar-refractivity contribution in [1.29, 1.82) is 0 Å². The van der Waals surface area contributed by atoms with Crippen molar-refractivity contribution in [2.24, 2.45) is 0 Å². The zero-order chi connectivity index (χ0) is 12.3. The van der Waals surface area contributed by atoms with E-state index in [4.69, 9.17) is 11.6 Å². The van der Waals surface area contributed by atoms with Gasteiger partial charge in [0.1, 0.15) is 11.6 Å². The SMILES string of the molecule is O=C(Nc1ccccn1)c1ccc(F)c(Cl)c1. The summed E-state index contributed by atoms with van der Waals surface area (Å²) in [7, 11) is 0. The first-order chi connectivity index (χ1) is 8.16. The number of carbonyl (C=O) groups is 1. The van der Waals surface area contributed by atoms with Gasteiger partial charge in [0, 0.05) is 11.8 Å². The second-order valence-electron chi connectivity index (χ2n) is 3.30. The van der Waals surface area contributed by atoms with Gasteiger partial charge in [-0.15, -0.1) is 0 Å². The van der Waals surface area contributed by atoms with Gasteiger partial charge in [0.2, 0.25) is 0 Å². The summed E-state index contributed by atoms with van der Waals surface area (Å²) in [5.74, 6) is -0.510. The standard InChI is InChI=1S/C12H8ClFN2O/c13-9-7-8(4-5-10(9)14)12(17)16-11-3-1-2-6-15-11/h1-7H,(H,15,16,17). The number of amides is 1. The van der Waals surface area contributed by atoms with Gasteiger partial charge in [-0.05, 0) is 30.3 Å². The van der Waals surface area contributed by atoms with Crippen molar-refractivity contribution in [3.8, 4) is 0 Å². The molecule has 0 saturated carbocycles. The number of carbonyl (C=O) groups excluding carboxylic acids is 1. The Bertz CT molecular complexity index is 545. The summed E-state index contributed by atoms with van der Waals surface area (Å²) in [6.07, 6.45) is 1.56. The number of benzene rings is 1. The van der Waals surface area contributed by atoms with E-state index in [1.165, 1.54) is 12.1 Å². The lowest BCUT2D eigenvalue weighted by molar-refractivity contribution is 0.102. The van der Waals surface area contributed by atoms with Crippen LogP contribution in [0.25, 0.3) is 0 Å². The minimum absolute atomic E-state index is 0.0846. The van der Waals surface area contributed by atoms with Crippen LogP contribution < -0.4 is 5.32 Å². The van der Waals surface area contributed by atoms with Gasteiger partial charge < -0.3 is 5.32 Å². The minimum Gasteiger partial charge on any atom is -0.307 e. The number of halogens is 2. The van der Waals surface area contributed by atoms with Crippen LogP contribution in [0.3, 0.4) is 0 Å². The van der Waals surface area contributed by atoms with E-state index in [-0.39, 0.29) is 16.5 Å². The molecule has 0 saturated heterocycles. The maximum Gasteiger partial charge on any atom is 0.256 e. The normalized spacial score (nSPS) is 10.0. The Labute approximate surface area is 102 Å². The summed E-state index contributed by atoms with van der Waals surface area (Å²) in [4.78, 5) is 15.7. The molecule has 0 bridgehead atoms. The van der Waals surface area contributed by atoms with E-state index in [2.05, 4.69) is 10.3 Å². The van der Waals surface area contributed by atoms with Gasteiger partial charge in [0.05, 0.1) is 5.02 Å². The number of hydrogen-bond donors (Lipinski definition) is 1. The third kappa shape index (κ3) is 2.79. The van der Waals surface area contributed by atoms with E-state index in [9.17, 15) is 9.18 Å². The number of hydrogen-bond acceptors (Lipinski definition) is 2. The molecule has 1 heterocycles. The Morgan fingerprint density at radius 2 is 2.12 bits per heavy atom. The van der Waals surface area contributed by atoms with Gasteiger partial charge in [0.15, 0.2) is 0 Å². The largest absolute Gasteiger partial charge is 0.307 e. The van der Waals surface area contributed by atoms with Gasteiger partial charge >= 0.3 is 0 Å². The van der Waals surface area contributed by atoms with Crippen LogP contribution in [-0.2, 0) is 0 Å². The average molecular weight is 251 g/mol. The maximum absolute atomic E-state index is 12.9. The van der Waals surface area contributed by atoms with Gasteiger partial charge in [-0.1, -0.05) is 17.7 Å². The fourth-order valence-electron chi connectivity index (χ4n) is 1.26. The summed E-state index contributed by atoms with van der Waals surface area (Å²) >= 11 is 5.59. The zero-order valence-electron chi connectivity index (χ0n) is 8.65. The molecule has 0 aliphatic rings. The van der Waals surface area contributed by atoms with E-state index in [1.54, 1.807) is 24.4 Å². The topological polar surface area (TPSA) is 42.0 Å². The molecule has 0 aliphatic heterocycles. The zero-order valence-corrected chi connectivity index (χ0v) is 9.41. The first-order valence-electron chi connectivity index (χ1n) is 4.84. The fourth-order valence-corrected chi connectivity index (χ4v) is 1.44. The Balaban J connectivity index is 2.18. The number of nitrogens with zero attached hydrogens (tertiary/aromatic N) is 1. The molecule has 1 N–H and O–H groups in total. The third-order valence-corrected chi connectivity index (χ3v) is 2.38. The second kappa shape index (κ2) is 4.93. The lowest BCUT2D eigenvalue weighted by atomic mass is 10.2. The number of anilines is 1. The fraction of sp³-hybridized carbons (Fsp3) is 0. The van der Waals surface area contributed by atoms with Crippen LogP contribution in [0.5, 0.6) is 0 Å². The highest BCUT2D eigenvalue weighted by atomic mass is 35.5. The lowest BCUT2D eigenvalue weighted by Crippen LogP contribution is -2.12. The highest BCUT2D eigenvalue weighted by molar-refractivity contribution is 6.31. The molecule has 2 aromatic rings. The van der Waals surface area contributed by atoms with E-state index >= 15 is 0 Å². The average Bonchev–Trinajstić information content (AvgIpc) is 2.34. The molecule has 0 spiro atoms. The van der Waals surface area contributed by atoms with E-state index < -0.39 is 5.82 Å². The van der Waals surface area contributed by atoms with Crippen molar-refractivity contribution in [1.82, 2.24) is 4.98 Å². The molecular formula is C12H8ClFN2O. The molecule has 3 nitrogen and oxygen atoms in total. The molecule has 0 aliphatic carbocycles. The molecule has 86 valence electrons. The molecule has 0 atom stereocenters. The molecule has 17 heavy (non-hydrogen) atoms. The summed E-state index contributed by atoms with van der Waals surface area (Å²) in [5.41, 5.74) is 0.280. The Kier molecular flexibility index (Phi) is 3.35. The Morgan fingerprint density at radius 1 is 1.29 bits per heavy atom. The highest BCUT2D eigenvalue weighted by Gasteiger charge is 2.09. The van der Waals surface area contributed by atoms with Crippen molar-refractivity contribution in [2.75, 3.05) is 5.32 Å². The number of nitrogens with one attached hydrogen (secondary N) is 1. The summed E-state index contributed by atoms with van der Waals surface area (Å²) in [6.45, 7) is 0. The third-order valence-electron chi connectivity index (χ3n) is 2.09. The van der Waals surface area contributed by atoms with Gasteiger partial charge in [0.25, 0.3) is 5.91 Å². The number of aromatic nitrogens is 1. The minimum atomic E-state index is -0.555. The highest BCUT2D eigenvalue weighted by Crippen LogP contribution is 2.16. The molecule has 1 amide bonds. The predicted molar refractivity (Wildman–Crippen MR) is 63.6 cm³/mol. The molecule has 2 rings (SSSR count). The first kappa shape index (κ1) is 11.5. The van der Waals surface area contributed by atoms with E-state index in [0.717, 1.165) is 6.07 Å². The van der Waals surface area contributed by atoms with Gasteiger partial charge in [-0.2, -0.15) is 0 Å². The van der Waals surface area contributed by atoms with Crippen molar-refractivity contribution in [2.45, 2.75) is 0 Å². The van der Waals surface area contributed by atoms with Crippen LogP contribution in [0.15, 0.2) is 42.6 Å². The van der Waals surface area contributed by atoms with Crippen LogP contribution in [0.4, 0.5) is 10.2 Å². The summed E-state index contributed by atoms with van der Waals surface area (Å²) < 4.78 is 12.9. The van der Waals surface area contributed by atoms with Crippen molar-refractivity contribution < 1.29 is 9.18 Å². The van der Waals surface area contributed by atoms with Crippen LogP contribution in [0, 0.1) is 5.82 Å². The molecule has 1 aromatic carbocycles. The molecule has 5 heteroatoms. The van der Waals surface area contributed by atoms with Crippen molar-refractivity contribution in [3.05, 3.63) is 59.0 Å². The summed E-state index contributed by atoms with van der Waals surface area (Å²) in [6, 6.07) is 8.93. The molecule has 1 aromatic heterocycles. The number of pyridine rings is 1. The second-order valence-corrected chi connectivity index (χ2v) is 3.71. The lowest BCUT2D eigenvalue weighted by Gasteiger charge is -2.04. The van der Waals surface area contributed by atoms with Gasteiger partial charge in [-0.3, -0.25) is 4.79 Å². The van der Waals surface area contributed by atoms with Crippen LogP contribution in [0.1, 0.15) is 10.4 Å². The molecule has 0 fully saturated rings. The predicted octanol–water partition coefficient (Wildman–Crippen LogP) is 3.13. The van der Waals surface area contributed by atoms with Crippen LogP contribution in [-0.4, -0.2) is 10.9 Å². The summed E-state index contributed by atoms with van der Waals surface area (Å²) in [5, 5.41) is 2.49. The Hall–Kier alpha value is -1.94. The van der Waals surface area contributed by atoms with Crippen molar-refractivity contribution >= 4 is 23.3 Å². The number of rotatable bonds is 2. The molecular weight excluding hydrogens is 243 g/mol. The quantitative estimate of drug-likeness (QED) is 0.890. The molecule has 0 unspecified atom stereocenters. The Morgan fingerprint density at radius 3 is 2.76 bits per heavy atom. The van der Waals surface area contributed by atoms with Crippen LogP contribution >= 0.6 is 11.6 Å². The monoisotopic (exact) mass is 250 g/mol. The first-order valence-corrected chi connectivity index (χ1v) is 5.22.